The van der Waals surface area contributed by atoms with Crippen molar-refractivity contribution >= 4 is 27.8 Å². The minimum Gasteiger partial charge on any atom is -0.328 e. The van der Waals surface area contributed by atoms with E-state index in [9.17, 15) is 22.8 Å². The standard InChI is InChI=1S/C13H14N2O6S/c1-13(2,14-22(3,19)20)12(18)21-15-10(16)8-6-4-5-7-9(8)11(15)17/h4-7,14H,1-3H3. The topological polar surface area (TPSA) is 110 Å². The molecule has 1 aromatic rings. The number of hydrogen-bond donors (Lipinski definition) is 1. The molecule has 0 unspecified atom stereocenters. The number of nitrogens with one attached hydrogen (secondary N) is 1. The van der Waals surface area contributed by atoms with E-state index in [1.165, 1.54) is 26.0 Å². The number of rotatable bonds is 4. The Bertz CT molecular complexity index is 733. The molecule has 0 spiro atoms. The van der Waals surface area contributed by atoms with Gasteiger partial charge >= 0.3 is 5.97 Å². The molecular weight excluding hydrogens is 312 g/mol. The lowest BCUT2D eigenvalue weighted by atomic mass is 10.1. The Labute approximate surface area is 127 Å². The lowest BCUT2D eigenvalue weighted by molar-refractivity contribution is -0.174. The molecule has 0 fully saturated rings. The minimum absolute atomic E-state index is 0.120. The number of carbonyl (C=O) groups is 3. The first-order chi connectivity index (χ1) is 10.0. The number of nitrogens with zero attached hydrogens (tertiary/aromatic N) is 1. The molecule has 0 aromatic heterocycles. The Morgan fingerprint density at radius 1 is 1.14 bits per heavy atom. The normalized spacial score (nSPS) is 15.0. The van der Waals surface area contributed by atoms with Gasteiger partial charge in [0.25, 0.3) is 11.8 Å². The van der Waals surface area contributed by atoms with Gasteiger partial charge in [0, 0.05) is 0 Å². The van der Waals surface area contributed by atoms with Crippen molar-refractivity contribution in [2.45, 2.75) is 19.4 Å². The van der Waals surface area contributed by atoms with Crippen LogP contribution in [0.15, 0.2) is 24.3 Å². The summed E-state index contributed by atoms with van der Waals surface area (Å²) in [6, 6.07) is 6.02. The molecular formula is C13H14N2O6S. The van der Waals surface area contributed by atoms with Crippen molar-refractivity contribution in [3.05, 3.63) is 35.4 Å². The minimum atomic E-state index is -3.68. The van der Waals surface area contributed by atoms with Crippen LogP contribution in [0, 0.1) is 0 Å². The summed E-state index contributed by atoms with van der Waals surface area (Å²) in [5, 5.41) is 0.332. The number of hydroxylamine groups is 2. The molecule has 0 aliphatic carbocycles. The molecule has 1 aromatic carbocycles. The van der Waals surface area contributed by atoms with Crippen molar-refractivity contribution in [1.29, 1.82) is 0 Å². The summed E-state index contributed by atoms with van der Waals surface area (Å²) < 4.78 is 24.5. The molecule has 0 bridgehead atoms. The second-order valence-corrected chi connectivity index (χ2v) is 7.08. The summed E-state index contributed by atoms with van der Waals surface area (Å²) in [5.41, 5.74) is -1.40. The van der Waals surface area contributed by atoms with Gasteiger partial charge in [0.2, 0.25) is 10.0 Å². The van der Waals surface area contributed by atoms with Gasteiger partial charge in [-0.05, 0) is 26.0 Å². The van der Waals surface area contributed by atoms with Gasteiger partial charge in [-0.25, -0.2) is 13.2 Å². The number of fused-ring (bicyclic) bond motifs is 1. The maximum absolute atomic E-state index is 12.0. The van der Waals surface area contributed by atoms with E-state index >= 15 is 0 Å². The fourth-order valence-corrected chi connectivity index (χ4v) is 2.96. The fraction of sp³-hybridized carbons (Fsp3) is 0.308. The summed E-state index contributed by atoms with van der Waals surface area (Å²) >= 11 is 0. The average molecular weight is 326 g/mol. The van der Waals surface area contributed by atoms with Crippen molar-refractivity contribution in [3.8, 4) is 0 Å². The van der Waals surface area contributed by atoms with Crippen LogP contribution in [0.4, 0.5) is 0 Å². The Balaban J connectivity index is 2.21. The van der Waals surface area contributed by atoms with Crippen molar-refractivity contribution < 1.29 is 27.6 Å². The van der Waals surface area contributed by atoms with Gasteiger partial charge in [-0.15, -0.1) is 0 Å². The van der Waals surface area contributed by atoms with Crippen LogP contribution in [0.1, 0.15) is 34.6 Å². The number of carbonyl (C=O) groups excluding carboxylic acids is 3. The fourth-order valence-electron chi connectivity index (χ4n) is 1.95. The first-order valence-corrected chi connectivity index (χ1v) is 8.11. The first-order valence-electron chi connectivity index (χ1n) is 6.22. The summed E-state index contributed by atoms with van der Waals surface area (Å²) in [6.07, 6.45) is 0.879. The Morgan fingerprint density at radius 3 is 2.00 bits per heavy atom. The monoisotopic (exact) mass is 326 g/mol. The van der Waals surface area contributed by atoms with Crippen LogP contribution in [-0.4, -0.2) is 43.1 Å². The van der Waals surface area contributed by atoms with Crippen LogP contribution < -0.4 is 4.72 Å². The second-order valence-electron chi connectivity index (χ2n) is 5.33. The highest BCUT2D eigenvalue weighted by molar-refractivity contribution is 7.88. The number of benzene rings is 1. The van der Waals surface area contributed by atoms with Crippen LogP contribution in [-0.2, 0) is 19.7 Å². The molecule has 1 heterocycles. The zero-order valence-electron chi connectivity index (χ0n) is 12.1. The number of imide groups is 1. The van der Waals surface area contributed by atoms with Gasteiger partial charge < -0.3 is 4.84 Å². The molecule has 0 saturated heterocycles. The second kappa shape index (κ2) is 5.18. The summed E-state index contributed by atoms with van der Waals surface area (Å²) in [6.45, 7) is 2.52. The predicted octanol–water partition coefficient (Wildman–Crippen LogP) is 0.0686. The summed E-state index contributed by atoms with van der Waals surface area (Å²) in [7, 11) is -3.68. The van der Waals surface area contributed by atoms with E-state index in [-0.39, 0.29) is 11.1 Å². The van der Waals surface area contributed by atoms with Gasteiger partial charge in [-0.3, -0.25) is 9.59 Å². The SMILES string of the molecule is CC(C)(NS(C)(=O)=O)C(=O)ON1C(=O)c2ccccc2C1=O. The van der Waals surface area contributed by atoms with Crippen LogP contribution in [0.25, 0.3) is 0 Å². The number of amides is 2. The maximum Gasteiger partial charge on any atom is 0.353 e. The van der Waals surface area contributed by atoms with E-state index in [2.05, 4.69) is 4.72 Å². The lowest BCUT2D eigenvalue weighted by Gasteiger charge is -2.24. The number of hydrogen-bond acceptors (Lipinski definition) is 6. The van der Waals surface area contributed by atoms with Crippen LogP contribution in [0.2, 0.25) is 0 Å². The zero-order valence-corrected chi connectivity index (χ0v) is 12.9. The first kappa shape index (κ1) is 16.1. The molecule has 0 saturated carbocycles. The molecule has 0 radical (unpaired) electrons. The molecule has 1 N–H and O–H groups in total. The van der Waals surface area contributed by atoms with Crippen molar-refractivity contribution in [2.24, 2.45) is 0 Å². The van der Waals surface area contributed by atoms with Crippen LogP contribution >= 0.6 is 0 Å². The van der Waals surface area contributed by atoms with E-state index in [1.807, 2.05) is 0 Å². The quantitative estimate of drug-likeness (QED) is 0.784. The molecule has 8 nitrogen and oxygen atoms in total. The van der Waals surface area contributed by atoms with E-state index < -0.39 is 33.3 Å². The molecule has 0 atom stereocenters. The van der Waals surface area contributed by atoms with E-state index in [0.717, 1.165) is 6.26 Å². The van der Waals surface area contributed by atoms with Crippen molar-refractivity contribution in [1.82, 2.24) is 9.79 Å². The molecule has 118 valence electrons. The molecule has 1 aliphatic heterocycles. The molecule has 1 aliphatic rings. The third-order valence-electron chi connectivity index (χ3n) is 2.88. The van der Waals surface area contributed by atoms with Gasteiger partial charge in [0.15, 0.2) is 0 Å². The third kappa shape index (κ3) is 3.00. The van der Waals surface area contributed by atoms with Gasteiger partial charge in [0.1, 0.15) is 5.54 Å². The lowest BCUT2D eigenvalue weighted by Crippen LogP contribution is -2.52. The van der Waals surface area contributed by atoms with E-state index in [4.69, 9.17) is 4.84 Å². The van der Waals surface area contributed by atoms with Gasteiger partial charge in [0.05, 0.1) is 17.4 Å². The molecule has 22 heavy (non-hydrogen) atoms. The van der Waals surface area contributed by atoms with Crippen LogP contribution in [0.5, 0.6) is 0 Å². The average Bonchev–Trinajstić information content (AvgIpc) is 2.62. The van der Waals surface area contributed by atoms with E-state index in [0.29, 0.717) is 5.06 Å². The van der Waals surface area contributed by atoms with Gasteiger partial charge in [-0.1, -0.05) is 17.2 Å². The molecule has 9 heteroatoms. The highest BCUT2D eigenvalue weighted by atomic mass is 32.2. The Kier molecular flexibility index (Phi) is 3.80. The largest absolute Gasteiger partial charge is 0.353 e. The predicted molar refractivity (Wildman–Crippen MR) is 75.1 cm³/mol. The molecule has 2 amide bonds. The third-order valence-corrected chi connectivity index (χ3v) is 3.76. The highest BCUT2D eigenvalue weighted by Gasteiger charge is 2.42. The smallest absolute Gasteiger partial charge is 0.328 e. The van der Waals surface area contributed by atoms with Crippen LogP contribution in [0.3, 0.4) is 0 Å². The van der Waals surface area contributed by atoms with Crippen molar-refractivity contribution in [2.75, 3.05) is 6.26 Å². The van der Waals surface area contributed by atoms with E-state index in [1.54, 1.807) is 12.1 Å². The highest BCUT2D eigenvalue weighted by Crippen LogP contribution is 2.23. The molecule has 2 rings (SSSR count). The zero-order chi connectivity index (χ0) is 16.7. The Hall–Kier alpha value is -2.26. The summed E-state index contributed by atoms with van der Waals surface area (Å²) in [4.78, 5) is 40.9. The van der Waals surface area contributed by atoms with Crippen molar-refractivity contribution in [3.63, 3.8) is 0 Å². The van der Waals surface area contributed by atoms with Gasteiger partial charge in [-0.2, -0.15) is 4.72 Å². The number of sulfonamides is 1. The Morgan fingerprint density at radius 2 is 1.59 bits per heavy atom. The maximum atomic E-state index is 12.0. The summed E-state index contributed by atoms with van der Waals surface area (Å²) in [5.74, 6) is -2.62.